The van der Waals surface area contributed by atoms with E-state index in [-0.39, 0.29) is 20.1 Å². The van der Waals surface area contributed by atoms with E-state index in [1.165, 1.54) is 54.9 Å². The summed E-state index contributed by atoms with van der Waals surface area (Å²) in [6, 6.07) is 29.0. The standard InChI is InChI=1S/C23H26N.C7H6O2.Ir/c1-2-3-4-5-6-7-10-19-13-15-21(16-14-19)23-22-12-9-8-11-20(22)17-18-24-23;8-7(9)6-4-2-1-3-5-6;/h8-9,11-15,17-18H,2-7,10H2,1H3;1-5H,(H,8,9);/q-1;;/p+1. The normalized spacial score (nSPS) is 10.1. The first-order chi connectivity index (χ1) is 16.2. The Morgan fingerprint density at radius 1 is 0.853 bits per heavy atom. The third-order valence-corrected chi connectivity index (χ3v) is 5.66. The Hall–Kier alpha value is -2.81. The smallest absolute Gasteiger partial charge is 0.335 e. The number of benzene rings is 3. The van der Waals surface area contributed by atoms with Gasteiger partial charge in [0.15, 0.2) is 0 Å². The van der Waals surface area contributed by atoms with E-state index in [0.717, 1.165) is 17.7 Å². The molecule has 0 fully saturated rings. The van der Waals surface area contributed by atoms with Crippen molar-refractivity contribution in [2.45, 2.75) is 51.9 Å². The second-order valence-electron chi connectivity index (χ2n) is 8.20. The van der Waals surface area contributed by atoms with Gasteiger partial charge in [-0.2, -0.15) is 0 Å². The topological polar surface area (TPSA) is 54.5 Å². The molecule has 0 atom stereocenters. The van der Waals surface area contributed by atoms with Crippen molar-refractivity contribution in [3.05, 3.63) is 102 Å². The number of aromatic nitrogens is 1. The summed E-state index contributed by atoms with van der Waals surface area (Å²) in [6.45, 7) is 2.27. The SMILES string of the molecule is CCCCCCCCc1c[c-]c(-c2nccc3ccccc23)cc1.OC(=[OH+])c1ccccc1.[Ir]. The van der Waals surface area contributed by atoms with Gasteiger partial charge in [-0.3, -0.25) is 0 Å². The summed E-state index contributed by atoms with van der Waals surface area (Å²) < 4.78 is 0. The molecule has 2 N–H and O–H groups in total. The van der Waals surface area contributed by atoms with E-state index in [1.807, 2.05) is 12.3 Å². The summed E-state index contributed by atoms with van der Waals surface area (Å²) in [7, 11) is 0. The van der Waals surface area contributed by atoms with Gasteiger partial charge < -0.3 is 14.9 Å². The van der Waals surface area contributed by atoms with Gasteiger partial charge >= 0.3 is 5.97 Å². The summed E-state index contributed by atoms with van der Waals surface area (Å²) in [5.41, 5.74) is 3.93. The molecule has 0 saturated heterocycles. The number of rotatable bonds is 9. The maximum absolute atomic E-state index is 8.50. The molecule has 0 unspecified atom stereocenters. The van der Waals surface area contributed by atoms with Crippen LogP contribution in [0, 0.1) is 6.07 Å². The Morgan fingerprint density at radius 2 is 1.56 bits per heavy atom. The third-order valence-electron chi connectivity index (χ3n) is 5.66. The average molecular weight is 632 g/mol. The van der Waals surface area contributed by atoms with Gasteiger partial charge in [0, 0.05) is 26.3 Å². The molecule has 179 valence electrons. The number of fused-ring (bicyclic) bond motifs is 1. The minimum Gasteiger partial charge on any atom is -0.335 e. The first-order valence-corrected chi connectivity index (χ1v) is 11.8. The Kier molecular flexibility index (Phi) is 12.2. The first kappa shape index (κ1) is 27.4. The van der Waals surface area contributed by atoms with Crippen LogP contribution in [0.1, 0.15) is 56.6 Å². The zero-order chi connectivity index (χ0) is 23.3. The molecule has 0 saturated carbocycles. The van der Waals surface area contributed by atoms with E-state index in [4.69, 9.17) is 9.90 Å². The van der Waals surface area contributed by atoms with Gasteiger partial charge in [-0.05, 0) is 34.7 Å². The molecular formula is C30H33IrNO2. The average Bonchev–Trinajstić information content (AvgIpc) is 2.87. The zero-order valence-electron chi connectivity index (χ0n) is 19.7. The van der Waals surface area contributed by atoms with Crippen LogP contribution in [0.25, 0.3) is 22.0 Å². The van der Waals surface area contributed by atoms with E-state index < -0.39 is 5.97 Å². The largest absolute Gasteiger partial charge is 0.515 e. The van der Waals surface area contributed by atoms with Crippen molar-refractivity contribution >= 4 is 16.7 Å². The van der Waals surface area contributed by atoms with E-state index in [2.05, 4.69) is 66.5 Å². The minimum absolute atomic E-state index is 0. The van der Waals surface area contributed by atoms with Crippen molar-refractivity contribution in [1.82, 2.24) is 4.98 Å². The zero-order valence-corrected chi connectivity index (χ0v) is 22.1. The van der Waals surface area contributed by atoms with Crippen molar-refractivity contribution in [3.8, 4) is 11.3 Å². The van der Waals surface area contributed by atoms with E-state index in [9.17, 15) is 0 Å². The number of carboxylic acid groups (broad SMARTS) is 1. The Labute approximate surface area is 216 Å². The van der Waals surface area contributed by atoms with Crippen LogP contribution in [0.2, 0.25) is 0 Å². The maximum atomic E-state index is 8.50. The maximum Gasteiger partial charge on any atom is 0.515 e. The molecule has 4 rings (SSSR count). The molecule has 4 aromatic rings. The Morgan fingerprint density at radius 3 is 2.24 bits per heavy atom. The van der Waals surface area contributed by atoms with Crippen molar-refractivity contribution in [1.29, 1.82) is 0 Å². The van der Waals surface area contributed by atoms with Crippen molar-refractivity contribution in [2.75, 3.05) is 0 Å². The predicted molar refractivity (Wildman–Crippen MR) is 138 cm³/mol. The number of aliphatic hydroxyl groups excluding tert-OH is 1. The molecule has 1 radical (unpaired) electrons. The van der Waals surface area contributed by atoms with Crippen LogP contribution in [0.4, 0.5) is 0 Å². The second-order valence-corrected chi connectivity index (χ2v) is 8.20. The minimum atomic E-state index is -0.629. The molecule has 1 heterocycles. The summed E-state index contributed by atoms with van der Waals surface area (Å²) >= 11 is 0. The fourth-order valence-electron chi connectivity index (χ4n) is 3.79. The van der Waals surface area contributed by atoms with Gasteiger partial charge in [0.2, 0.25) is 0 Å². The number of hydrogen-bond acceptors (Lipinski definition) is 1. The molecular weight excluding hydrogens is 599 g/mol. The first-order valence-electron chi connectivity index (χ1n) is 11.8. The summed E-state index contributed by atoms with van der Waals surface area (Å²) in [4.78, 5) is 13.1. The van der Waals surface area contributed by atoms with Crippen LogP contribution >= 0.6 is 0 Å². The van der Waals surface area contributed by atoms with Crippen LogP contribution in [0.15, 0.2) is 85.1 Å². The fraction of sp³-hybridized carbons (Fsp3) is 0.267. The number of hydrogen-bond donors (Lipinski definition) is 1. The number of aromatic carboxylic acids is 1. The summed E-state index contributed by atoms with van der Waals surface area (Å²) in [5, 5.41) is 10.9. The van der Waals surface area contributed by atoms with Crippen LogP contribution in [-0.2, 0) is 26.5 Å². The molecule has 3 aromatic carbocycles. The fourth-order valence-corrected chi connectivity index (χ4v) is 3.79. The van der Waals surface area contributed by atoms with Crippen LogP contribution in [0.5, 0.6) is 0 Å². The number of carboxylic acids is 1. The van der Waals surface area contributed by atoms with Crippen LogP contribution < -0.4 is 0 Å². The van der Waals surface area contributed by atoms with Crippen LogP contribution in [0.3, 0.4) is 0 Å². The van der Waals surface area contributed by atoms with Crippen molar-refractivity contribution < 1.29 is 30.0 Å². The van der Waals surface area contributed by atoms with Crippen molar-refractivity contribution in [3.63, 3.8) is 0 Å². The van der Waals surface area contributed by atoms with E-state index >= 15 is 0 Å². The van der Waals surface area contributed by atoms with Crippen LogP contribution in [-0.4, -0.2) is 20.9 Å². The number of pyridine rings is 1. The van der Waals surface area contributed by atoms with E-state index in [1.54, 1.807) is 24.3 Å². The monoisotopic (exact) mass is 632 g/mol. The molecule has 0 aliphatic heterocycles. The van der Waals surface area contributed by atoms with Gasteiger partial charge in [-0.1, -0.05) is 94.3 Å². The number of aryl methyl sites for hydroxylation is 1. The van der Waals surface area contributed by atoms with Gasteiger partial charge in [0.25, 0.3) is 0 Å². The quantitative estimate of drug-likeness (QED) is 0.117. The van der Waals surface area contributed by atoms with Gasteiger partial charge in [-0.25, -0.2) is 0 Å². The molecule has 3 nitrogen and oxygen atoms in total. The number of unbranched alkanes of at least 4 members (excludes halogenated alkanes) is 5. The molecule has 0 aliphatic rings. The molecule has 1 aromatic heterocycles. The molecule has 4 heteroatoms. The third kappa shape index (κ3) is 8.52. The number of nitrogens with zero attached hydrogens (tertiary/aromatic N) is 1. The van der Waals surface area contributed by atoms with Gasteiger partial charge in [0.05, 0.1) is 0 Å². The summed E-state index contributed by atoms with van der Waals surface area (Å²) in [5.74, 6) is -0.629. The molecule has 0 aliphatic carbocycles. The van der Waals surface area contributed by atoms with E-state index in [0.29, 0.717) is 5.56 Å². The molecule has 0 amide bonds. The second kappa shape index (κ2) is 15.2. The summed E-state index contributed by atoms with van der Waals surface area (Å²) in [6.07, 6.45) is 11.1. The molecule has 34 heavy (non-hydrogen) atoms. The molecule has 0 bridgehead atoms. The van der Waals surface area contributed by atoms with Crippen molar-refractivity contribution in [2.24, 2.45) is 0 Å². The Bertz CT molecular complexity index is 1120. The van der Waals surface area contributed by atoms with Gasteiger partial charge in [-0.15, -0.1) is 35.4 Å². The Balaban J connectivity index is 0.000000345. The molecule has 0 spiro atoms. The predicted octanol–water partition coefficient (Wildman–Crippen LogP) is 7.70. The van der Waals surface area contributed by atoms with Gasteiger partial charge in [0.1, 0.15) is 5.56 Å².